The molecule has 1 atom stereocenters. The molecule has 2 rings (SSSR count). The molecule has 6 nitrogen and oxygen atoms in total. The van der Waals surface area contributed by atoms with Crippen LogP contribution in [0.2, 0.25) is 0 Å². The summed E-state index contributed by atoms with van der Waals surface area (Å²) in [5.41, 5.74) is 5.54. The number of nitrogens with zero attached hydrogens (tertiary/aromatic N) is 2. The van der Waals surface area contributed by atoms with Gasteiger partial charge < -0.3 is 10.9 Å². The molecule has 1 aromatic carbocycles. The van der Waals surface area contributed by atoms with Gasteiger partial charge in [-0.2, -0.15) is 4.31 Å². The van der Waals surface area contributed by atoms with Crippen molar-refractivity contribution in [2.45, 2.75) is 23.8 Å². The summed E-state index contributed by atoms with van der Waals surface area (Å²) >= 11 is 0. The molecule has 1 aliphatic rings. The summed E-state index contributed by atoms with van der Waals surface area (Å²) in [4.78, 5) is 0.225. The molecular weight excluding hydrogens is 254 g/mol. The number of benzene rings is 1. The first kappa shape index (κ1) is 12.8. The maximum absolute atomic E-state index is 12.4. The molecule has 0 saturated carbocycles. The van der Waals surface area contributed by atoms with Crippen LogP contribution in [0, 0.1) is 0 Å². The van der Waals surface area contributed by atoms with Crippen LogP contribution in [-0.2, 0) is 10.0 Å². The Morgan fingerprint density at radius 1 is 1.39 bits per heavy atom. The van der Waals surface area contributed by atoms with Gasteiger partial charge >= 0.3 is 0 Å². The van der Waals surface area contributed by atoms with Gasteiger partial charge in [0.25, 0.3) is 0 Å². The second-order valence-electron chi connectivity index (χ2n) is 4.11. The zero-order valence-corrected chi connectivity index (χ0v) is 10.5. The van der Waals surface area contributed by atoms with Crippen LogP contribution in [0.25, 0.3) is 0 Å². The number of nitrogens with two attached hydrogens (primary N) is 1. The molecule has 1 unspecified atom stereocenters. The van der Waals surface area contributed by atoms with Crippen LogP contribution in [0.1, 0.15) is 12.8 Å². The van der Waals surface area contributed by atoms with Crippen LogP contribution in [0.4, 0.5) is 0 Å². The zero-order valence-electron chi connectivity index (χ0n) is 9.73. The predicted molar refractivity (Wildman–Crippen MR) is 66.8 cm³/mol. The third-order valence-electron chi connectivity index (χ3n) is 3.01. The minimum absolute atomic E-state index is 0.0630. The van der Waals surface area contributed by atoms with Gasteiger partial charge in [0.1, 0.15) is 0 Å². The lowest BCUT2D eigenvalue weighted by molar-refractivity contribution is 0.311. The number of amidine groups is 1. The standard InChI is InChI=1S/C11H15N3O3S/c12-11(13-15)10-7-4-8-14(10)18(16,17)9-5-2-1-3-6-9/h1-3,5-6,10,15H,4,7-8H2,(H2,12,13). The summed E-state index contributed by atoms with van der Waals surface area (Å²) in [6.45, 7) is 0.387. The summed E-state index contributed by atoms with van der Waals surface area (Å²) < 4.78 is 26.1. The topological polar surface area (TPSA) is 96.0 Å². The molecule has 1 heterocycles. The lowest BCUT2D eigenvalue weighted by atomic mass is 10.2. The van der Waals surface area contributed by atoms with Gasteiger partial charge in [-0.15, -0.1) is 0 Å². The van der Waals surface area contributed by atoms with Crippen molar-refractivity contribution >= 4 is 15.9 Å². The van der Waals surface area contributed by atoms with Gasteiger partial charge in [0, 0.05) is 6.54 Å². The fraction of sp³-hybridized carbons (Fsp3) is 0.364. The molecule has 0 radical (unpaired) electrons. The number of hydrogen-bond acceptors (Lipinski definition) is 4. The van der Waals surface area contributed by atoms with E-state index in [0.717, 1.165) is 0 Å². The molecule has 98 valence electrons. The lowest BCUT2D eigenvalue weighted by Crippen LogP contribution is -2.43. The smallest absolute Gasteiger partial charge is 0.243 e. The summed E-state index contributed by atoms with van der Waals surface area (Å²) in [5.74, 6) is -0.0630. The van der Waals surface area contributed by atoms with Crippen LogP contribution in [0.3, 0.4) is 0 Å². The average molecular weight is 269 g/mol. The second kappa shape index (κ2) is 4.95. The fourth-order valence-electron chi connectivity index (χ4n) is 2.12. The van der Waals surface area contributed by atoms with E-state index < -0.39 is 16.1 Å². The maximum atomic E-state index is 12.4. The normalized spacial score (nSPS) is 22.2. The van der Waals surface area contributed by atoms with Gasteiger partial charge in [0.15, 0.2) is 5.84 Å². The lowest BCUT2D eigenvalue weighted by Gasteiger charge is -2.22. The largest absolute Gasteiger partial charge is 0.409 e. The summed E-state index contributed by atoms with van der Waals surface area (Å²) in [6.07, 6.45) is 1.27. The highest BCUT2D eigenvalue weighted by Gasteiger charge is 2.37. The SMILES string of the molecule is NC(=NO)C1CCCN1S(=O)(=O)c1ccccc1. The first-order valence-electron chi connectivity index (χ1n) is 5.61. The Labute approximate surface area is 106 Å². The van der Waals surface area contributed by atoms with E-state index in [1.54, 1.807) is 18.2 Å². The summed E-state index contributed by atoms with van der Waals surface area (Å²) in [5, 5.41) is 11.6. The average Bonchev–Trinajstić information content (AvgIpc) is 2.89. The van der Waals surface area contributed by atoms with Crippen molar-refractivity contribution in [3.8, 4) is 0 Å². The second-order valence-corrected chi connectivity index (χ2v) is 6.00. The Kier molecular flexibility index (Phi) is 3.53. The van der Waals surface area contributed by atoms with Crippen molar-refractivity contribution in [1.29, 1.82) is 0 Å². The van der Waals surface area contributed by atoms with Crippen LogP contribution >= 0.6 is 0 Å². The Balaban J connectivity index is 2.36. The molecule has 7 heteroatoms. The van der Waals surface area contributed by atoms with Gasteiger partial charge in [-0.3, -0.25) is 0 Å². The molecule has 18 heavy (non-hydrogen) atoms. The third-order valence-corrected chi connectivity index (χ3v) is 4.93. The van der Waals surface area contributed by atoms with E-state index in [-0.39, 0.29) is 10.7 Å². The van der Waals surface area contributed by atoms with E-state index in [2.05, 4.69) is 5.16 Å². The maximum Gasteiger partial charge on any atom is 0.243 e. The summed E-state index contributed by atoms with van der Waals surface area (Å²) in [6, 6.07) is 7.61. The van der Waals surface area contributed by atoms with Gasteiger partial charge in [-0.05, 0) is 25.0 Å². The molecule has 0 aliphatic carbocycles. The Morgan fingerprint density at radius 2 is 2.06 bits per heavy atom. The molecular formula is C11H15N3O3S. The highest BCUT2D eigenvalue weighted by atomic mass is 32.2. The molecule has 0 aromatic heterocycles. The quantitative estimate of drug-likeness (QED) is 0.363. The first-order valence-corrected chi connectivity index (χ1v) is 7.05. The van der Waals surface area contributed by atoms with Crippen LogP contribution in [0.15, 0.2) is 40.4 Å². The number of hydrogen-bond donors (Lipinski definition) is 2. The molecule has 0 bridgehead atoms. The molecule has 0 amide bonds. The third kappa shape index (κ3) is 2.19. The van der Waals surface area contributed by atoms with Gasteiger partial charge in [-0.25, -0.2) is 8.42 Å². The number of sulfonamides is 1. The van der Waals surface area contributed by atoms with Crippen molar-refractivity contribution in [3.05, 3.63) is 30.3 Å². The first-order chi connectivity index (χ1) is 8.57. The van der Waals surface area contributed by atoms with E-state index in [1.165, 1.54) is 16.4 Å². The molecule has 3 N–H and O–H groups in total. The minimum atomic E-state index is -3.58. The fourth-order valence-corrected chi connectivity index (χ4v) is 3.81. The van der Waals surface area contributed by atoms with Gasteiger partial charge in [0.05, 0.1) is 10.9 Å². The van der Waals surface area contributed by atoms with Crippen molar-refractivity contribution in [2.24, 2.45) is 10.9 Å². The molecule has 1 aromatic rings. The van der Waals surface area contributed by atoms with E-state index >= 15 is 0 Å². The predicted octanol–water partition coefficient (Wildman–Crippen LogP) is 0.586. The van der Waals surface area contributed by atoms with E-state index in [9.17, 15) is 8.42 Å². The van der Waals surface area contributed by atoms with E-state index in [1.807, 2.05) is 0 Å². The highest BCUT2D eigenvalue weighted by molar-refractivity contribution is 7.89. The van der Waals surface area contributed by atoms with Crippen molar-refractivity contribution in [2.75, 3.05) is 6.54 Å². The van der Waals surface area contributed by atoms with E-state index in [0.29, 0.717) is 19.4 Å². The Morgan fingerprint density at radius 3 is 2.67 bits per heavy atom. The monoisotopic (exact) mass is 269 g/mol. The van der Waals surface area contributed by atoms with Crippen LogP contribution in [-0.4, -0.2) is 36.4 Å². The summed E-state index contributed by atoms with van der Waals surface area (Å²) in [7, 11) is -3.58. The van der Waals surface area contributed by atoms with Crippen LogP contribution in [0.5, 0.6) is 0 Å². The van der Waals surface area contributed by atoms with Crippen molar-refractivity contribution < 1.29 is 13.6 Å². The Bertz CT molecular complexity index is 542. The molecule has 0 spiro atoms. The van der Waals surface area contributed by atoms with Gasteiger partial charge in [-0.1, -0.05) is 23.4 Å². The number of oxime groups is 1. The zero-order chi connectivity index (χ0) is 13.2. The minimum Gasteiger partial charge on any atom is -0.409 e. The van der Waals surface area contributed by atoms with Crippen molar-refractivity contribution in [3.63, 3.8) is 0 Å². The van der Waals surface area contributed by atoms with E-state index in [4.69, 9.17) is 10.9 Å². The Hall–Kier alpha value is -1.60. The van der Waals surface area contributed by atoms with Crippen LogP contribution < -0.4 is 5.73 Å². The highest BCUT2D eigenvalue weighted by Crippen LogP contribution is 2.25. The molecule has 1 aliphatic heterocycles. The number of rotatable bonds is 3. The molecule has 1 saturated heterocycles. The van der Waals surface area contributed by atoms with Crippen molar-refractivity contribution in [1.82, 2.24) is 4.31 Å². The molecule has 1 fully saturated rings. The van der Waals surface area contributed by atoms with Gasteiger partial charge in [0.2, 0.25) is 10.0 Å².